The fraction of sp³-hybridized carbons (Fsp3) is 0.318. The molecule has 0 spiro atoms. The molecule has 0 aromatic heterocycles. The van der Waals surface area contributed by atoms with E-state index in [1.165, 1.54) is 0 Å². The van der Waals surface area contributed by atoms with Crippen LogP contribution < -0.4 is 10.6 Å². The molecule has 146 valence electrons. The van der Waals surface area contributed by atoms with E-state index in [-0.39, 0.29) is 24.3 Å². The molecule has 2 unspecified atom stereocenters. The average molecular weight is 380 g/mol. The summed E-state index contributed by atoms with van der Waals surface area (Å²) >= 11 is 0. The first-order chi connectivity index (χ1) is 13.4. The second-order valence-electron chi connectivity index (χ2n) is 7.41. The van der Waals surface area contributed by atoms with Crippen LogP contribution in [0.15, 0.2) is 54.6 Å². The van der Waals surface area contributed by atoms with Crippen molar-refractivity contribution < 1.29 is 19.5 Å². The number of anilines is 1. The van der Waals surface area contributed by atoms with Crippen LogP contribution in [0.2, 0.25) is 0 Å². The maximum atomic E-state index is 13.1. The molecule has 2 amide bonds. The Hall–Kier alpha value is -3.15. The van der Waals surface area contributed by atoms with Gasteiger partial charge in [0.2, 0.25) is 11.8 Å². The maximum Gasteiger partial charge on any atom is 0.303 e. The van der Waals surface area contributed by atoms with Gasteiger partial charge in [-0.1, -0.05) is 48.5 Å². The minimum atomic E-state index is -1.24. The summed E-state index contributed by atoms with van der Waals surface area (Å²) in [4.78, 5) is 36.7. The average Bonchev–Trinajstić information content (AvgIpc) is 2.67. The number of benzene rings is 2. The number of hydrogen-bond donors (Lipinski definition) is 3. The highest BCUT2D eigenvalue weighted by molar-refractivity contribution is 6.12. The minimum absolute atomic E-state index is 0.0521. The van der Waals surface area contributed by atoms with Gasteiger partial charge in [0.1, 0.15) is 5.41 Å². The van der Waals surface area contributed by atoms with E-state index in [9.17, 15) is 14.4 Å². The van der Waals surface area contributed by atoms with Crippen LogP contribution in [-0.2, 0) is 27.2 Å². The fourth-order valence-electron chi connectivity index (χ4n) is 3.47. The lowest BCUT2D eigenvalue weighted by Gasteiger charge is -2.34. The first-order valence-electron chi connectivity index (χ1n) is 9.34. The van der Waals surface area contributed by atoms with E-state index in [0.29, 0.717) is 19.3 Å². The van der Waals surface area contributed by atoms with Gasteiger partial charge in [-0.15, -0.1) is 0 Å². The maximum absolute atomic E-state index is 13.1. The summed E-state index contributed by atoms with van der Waals surface area (Å²) in [5, 5.41) is 14.8. The number of carbonyl (C=O) groups excluding carboxylic acids is 2. The second-order valence-corrected chi connectivity index (χ2v) is 7.41. The minimum Gasteiger partial charge on any atom is -0.481 e. The van der Waals surface area contributed by atoms with E-state index >= 15 is 0 Å². The van der Waals surface area contributed by atoms with E-state index < -0.39 is 11.4 Å². The first kappa shape index (κ1) is 19.6. The molecule has 2 aromatic carbocycles. The highest BCUT2D eigenvalue weighted by Crippen LogP contribution is 2.34. The van der Waals surface area contributed by atoms with Crippen LogP contribution in [0.5, 0.6) is 0 Å². The molecule has 3 rings (SSSR count). The summed E-state index contributed by atoms with van der Waals surface area (Å²) in [6, 6.07) is 16.6. The molecular formula is C22H24N2O4. The number of para-hydroxylation sites is 1. The van der Waals surface area contributed by atoms with Gasteiger partial charge in [0.05, 0.1) is 0 Å². The van der Waals surface area contributed by atoms with Gasteiger partial charge in [-0.05, 0) is 43.4 Å². The standard InChI is InChI=1S/C22H24N2O4/c1-22(14-16-9-5-6-10-18(16)24-21(22)28)20(27)23-17(11-12-19(25)26)13-15-7-3-2-4-8-15/h2-10,17H,11-14H2,1H3,(H,23,27)(H,24,28)(H,25,26). The Labute approximate surface area is 164 Å². The van der Waals surface area contributed by atoms with Gasteiger partial charge in [0.25, 0.3) is 0 Å². The van der Waals surface area contributed by atoms with Crippen molar-refractivity contribution >= 4 is 23.5 Å². The molecule has 1 aliphatic rings. The van der Waals surface area contributed by atoms with Gasteiger partial charge in [0.15, 0.2) is 0 Å². The summed E-state index contributed by atoms with van der Waals surface area (Å²) in [6.07, 6.45) is 1.06. The lowest BCUT2D eigenvalue weighted by atomic mass is 9.78. The summed E-state index contributed by atoms with van der Waals surface area (Å²) in [5.74, 6) is -1.64. The molecule has 0 bridgehead atoms. The highest BCUT2D eigenvalue weighted by Gasteiger charge is 2.45. The number of carbonyl (C=O) groups is 3. The predicted molar refractivity (Wildman–Crippen MR) is 106 cm³/mol. The van der Waals surface area contributed by atoms with Gasteiger partial charge in [0, 0.05) is 18.2 Å². The molecule has 2 aromatic rings. The van der Waals surface area contributed by atoms with Gasteiger partial charge < -0.3 is 15.7 Å². The fourth-order valence-corrected chi connectivity index (χ4v) is 3.47. The number of nitrogens with one attached hydrogen (secondary N) is 2. The zero-order chi connectivity index (χ0) is 20.1. The first-order valence-corrected chi connectivity index (χ1v) is 9.34. The topological polar surface area (TPSA) is 95.5 Å². The van der Waals surface area contributed by atoms with E-state index in [0.717, 1.165) is 16.8 Å². The molecule has 0 radical (unpaired) electrons. The summed E-state index contributed by atoms with van der Waals surface area (Å²) in [6.45, 7) is 1.63. The van der Waals surface area contributed by atoms with Gasteiger partial charge in [-0.2, -0.15) is 0 Å². The van der Waals surface area contributed by atoms with E-state index in [1.54, 1.807) is 6.92 Å². The van der Waals surface area contributed by atoms with Crippen molar-refractivity contribution in [1.29, 1.82) is 0 Å². The molecule has 6 nitrogen and oxygen atoms in total. The number of rotatable bonds is 7. The molecule has 28 heavy (non-hydrogen) atoms. The van der Waals surface area contributed by atoms with Gasteiger partial charge in [-0.25, -0.2) is 0 Å². The zero-order valence-corrected chi connectivity index (χ0v) is 15.8. The van der Waals surface area contributed by atoms with Crippen molar-refractivity contribution in [2.24, 2.45) is 5.41 Å². The number of hydrogen-bond acceptors (Lipinski definition) is 3. The molecule has 0 fully saturated rings. The monoisotopic (exact) mass is 380 g/mol. The van der Waals surface area contributed by atoms with Crippen LogP contribution in [0.3, 0.4) is 0 Å². The van der Waals surface area contributed by atoms with Crippen molar-refractivity contribution in [3.8, 4) is 0 Å². The third-order valence-corrected chi connectivity index (χ3v) is 5.18. The van der Waals surface area contributed by atoms with Gasteiger partial charge >= 0.3 is 5.97 Å². The number of fused-ring (bicyclic) bond motifs is 1. The van der Waals surface area contributed by atoms with Crippen LogP contribution in [-0.4, -0.2) is 28.9 Å². The molecule has 1 aliphatic heterocycles. The van der Waals surface area contributed by atoms with Crippen molar-refractivity contribution in [2.45, 2.75) is 38.6 Å². The van der Waals surface area contributed by atoms with Gasteiger partial charge in [-0.3, -0.25) is 14.4 Å². The largest absolute Gasteiger partial charge is 0.481 e. The smallest absolute Gasteiger partial charge is 0.303 e. The van der Waals surface area contributed by atoms with Crippen molar-refractivity contribution in [3.63, 3.8) is 0 Å². The van der Waals surface area contributed by atoms with Crippen molar-refractivity contribution in [1.82, 2.24) is 5.32 Å². The van der Waals surface area contributed by atoms with Crippen LogP contribution >= 0.6 is 0 Å². The van der Waals surface area contributed by atoms with Crippen molar-refractivity contribution in [2.75, 3.05) is 5.32 Å². The van der Waals surface area contributed by atoms with Crippen molar-refractivity contribution in [3.05, 3.63) is 65.7 Å². The quantitative estimate of drug-likeness (QED) is 0.644. The molecule has 0 saturated heterocycles. The molecule has 3 N–H and O–H groups in total. The SMILES string of the molecule is CC1(C(=O)NC(CCC(=O)O)Cc2ccccc2)Cc2ccccc2NC1=O. The summed E-state index contributed by atoms with van der Waals surface area (Å²) < 4.78 is 0. The second kappa shape index (κ2) is 8.25. The molecule has 1 heterocycles. The number of amides is 2. The molecule has 0 aliphatic carbocycles. The lowest BCUT2D eigenvalue weighted by Crippen LogP contribution is -2.53. The molecule has 0 saturated carbocycles. The summed E-state index contributed by atoms with van der Waals surface area (Å²) in [7, 11) is 0. The Balaban J connectivity index is 1.76. The Kier molecular flexibility index (Phi) is 5.78. The zero-order valence-electron chi connectivity index (χ0n) is 15.8. The van der Waals surface area contributed by atoms with E-state index in [4.69, 9.17) is 5.11 Å². The molecule has 2 atom stereocenters. The third-order valence-electron chi connectivity index (χ3n) is 5.18. The number of aliphatic carboxylic acids is 1. The normalized spacial score (nSPS) is 19.2. The molecular weight excluding hydrogens is 356 g/mol. The predicted octanol–water partition coefficient (Wildman–Crippen LogP) is 2.78. The Morgan fingerprint density at radius 3 is 2.54 bits per heavy atom. The lowest BCUT2D eigenvalue weighted by molar-refractivity contribution is -0.141. The van der Waals surface area contributed by atoms with E-state index in [2.05, 4.69) is 10.6 Å². The molecule has 6 heteroatoms. The Morgan fingerprint density at radius 2 is 1.82 bits per heavy atom. The third kappa shape index (κ3) is 4.39. The number of carboxylic acid groups (broad SMARTS) is 1. The highest BCUT2D eigenvalue weighted by atomic mass is 16.4. The van der Waals surface area contributed by atoms with Crippen LogP contribution in [0.1, 0.15) is 30.9 Å². The van der Waals surface area contributed by atoms with E-state index in [1.807, 2.05) is 54.6 Å². The summed E-state index contributed by atoms with van der Waals surface area (Å²) in [5.41, 5.74) is 1.39. The van der Waals surface area contributed by atoms with Crippen LogP contribution in [0.4, 0.5) is 5.69 Å². The Bertz CT molecular complexity index is 881. The Morgan fingerprint density at radius 1 is 1.14 bits per heavy atom. The number of carboxylic acids is 1. The van der Waals surface area contributed by atoms with Crippen LogP contribution in [0.25, 0.3) is 0 Å². The van der Waals surface area contributed by atoms with Crippen LogP contribution in [0, 0.1) is 5.41 Å².